The Balaban J connectivity index is 3.98. The van der Waals surface area contributed by atoms with Crippen LogP contribution in [0.15, 0.2) is 0 Å². The molecule has 2 heteroatoms. The molecule has 0 unspecified atom stereocenters. The molecule has 0 bridgehead atoms. The van der Waals surface area contributed by atoms with Crippen LogP contribution in [0.1, 0.15) is 97.8 Å². The van der Waals surface area contributed by atoms with Gasteiger partial charge in [-0.2, -0.15) is 9.24 Å². The molecule has 0 aliphatic carbocycles. The molecule has 0 aromatic carbocycles. The van der Waals surface area contributed by atoms with Gasteiger partial charge in [-0.15, -0.1) is 0 Å². The van der Waals surface area contributed by atoms with Crippen LogP contribution in [0.2, 0.25) is 0 Å². The summed E-state index contributed by atoms with van der Waals surface area (Å²) in [5.41, 5.74) is 0. The molecule has 124 valence electrons. The van der Waals surface area contributed by atoms with Crippen molar-refractivity contribution in [3.63, 3.8) is 0 Å². The summed E-state index contributed by atoms with van der Waals surface area (Å²) >= 11 is 0. The van der Waals surface area contributed by atoms with Gasteiger partial charge in [0.25, 0.3) is 0 Å². The van der Waals surface area contributed by atoms with Crippen molar-refractivity contribution in [1.82, 2.24) is 0 Å². The van der Waals surface area contributed by atoms with Gasteiger partial charge >= 0.3 is 0 Å². The highest BCUT2D eigenvalue weighted by Crippen LogP contribution is 2.55. The second-order valence-electron chi connectivity index (χ2n) is 6.23. The van der Waals surface area contributed by atoms with E-state index in [1.165, 1.54) is 94.3 Å². The first-order valence-corrected chi connectivity index (χ1v) is 12.1. The second kappa shape index (κ2) is 14.6. The van der Waals surface area contributed by atoms with E-state index in [2.05, 4.69) is 20.8 Å². The molecule has 0 nitrogen and oxygen atoms in total. The van der Waals surface area contributed by atoms with Gasteiger partial charge in [-0.1, -0.05) is 89.2 Å². The second-order valence-corrected chi connectivity index (χ2v) is 11.3. The monoisotopic (exact) mass is 322 g/mol. The molecular formula is C18H39ClS. The smallest absolute Gasteiger partial charge is 0.0101 e. The first kappa shape index (κ1) is 20.6. The summed E-state index contributed by atoms with van der Waals surface area (Å²) in [6, 6.07) is 0. The highest BCUT2D eigenvalue weighted by molar-refractivity contribution is 8.51. The minimum absolute atomic E-state index is 0.808. The van der Waals surface area contributed by atoms with Crippen molar-refractivity contribution in [2.45, 2.75) is 97.8 Å². The van der Waals surface area contributed by atoms with Crippen molar-refractivity contribution in [2.75, 3.05) is 17.3 Å². The van der Waals surface area contributed by atoms with Crippen LogP contribution in [-0.2, 0) is 0 Å². The van der Waals surface area contributed by atoms with E-state index in [1.54, 1.807) is 0 Å². The first-order valence-electron chi connectivity index (χ1n) is 9.14. The average molecular weight is 323 g/mol. The number of halogens is 1. The predicted octanol–water partition coefficient (Wildman–Crippen LogP) is 7.69. The molecule has 0 saturated carbocycles. The topological polar surface area (TPSA) is 0 Å². The van der Waals surface area contributed by atoms with Crippen molar-refractivity contribution in [3.05, 3.63) is 0 Å². The van der Waals surface area contributed by atoms with Crippen molar-refractivity contribution in [3.8, 4) is 0 Å². The number of hydrogen-bond donors (Lipinski definition) is 0. The zero-order chi connectivity index (χ0) is 15.1. The van der Waals surface area contributed by atoms with Crippen LogP contribution in [0.3, 0.4) is 0 Å². The Bertz CT molecular complexity index is 163. The Kier molecular flexibility index (Phi) is 15.0. The summed E-state index contributed by atoms with van der Waals surface area (Å²) in [5, 5.41) is 0. The molecule has 0 aliphatic rings. The normalized spacial score (nSPS) is 12.8. The lowest BCUT2D eigenvalue weighted by atomic mass is 10.2. The number of unbranched alkanes of at least 4 members (excludes halogenated alkanes) is 9. The molecule has 0 heterocycles. The molecule has 0 spiro atoms. The molecule has 0 aromatic heterocycles. The molecule has 0 saturated heterocycles. The summed E-state index contributed by atoms with van der Waals surface area (Å²) in [6.07, 6.45) is 16.4. The van der Waals surface area contributed by atoms with Gasteiger partial charge in [0.05, 0.1) is 0 Å². The van der Waals surface area contributed by atoms with E-state index in [0.29, 0.717) is 0 Å². The van der Waals surface area contributed by atoms with Crippen LogP contribution < -0.4 is 0 Å². The van der Waals surface area contributed by atoms with Gasteiger partial charge in [0.1, 0.15) is 0 Å². The lowest BCUT2D eigenvalue weighted by molar-refractivity contribution is 0.690. The Morgan fingerprint density at radius 3 is 1.05 bits per heavy atom. The maximum Gasteiger partial charge on any atom is -0.0101 e. The third-order valence-electron chi connectivity index (χ3n) is 4.09. The van der Waals surface area contributed by atoms with Crippen molar-refractivity contribution in [2.24, 2.45) is 0 Å². The van der Waals surface area contributed by atoms with Gasteiger partial charge in [0, 0.05) is 0 Å². The van der Waals surface area contributed by atoms with Gasteiger partial charge in [0.15, 0.2) is 0 Å². The Labute approximate surface area is 135 Å². The largest absolute Gasteiger partial charge is 0.163 e. The minimum Gasteiger partial charge on any atom is -0.163 e. The highest BCUT2D eigenvalue weighted by atomic mass is 35.7. The molecule has 0 atom stereocenters. The highest BCUT2D eigenvalue weighted by Gasteiger charge is 2.19. The molecule has 0 amide bonds. The van der Waals surface area contributed by atoms with E-state index in [0.717, 1.165) is 0 Å². The molecule has 0 aromatic rings. The van der Waals surface area contributed by atoms with E-state index in [9.17, 15) is 0 Å². The third-order valence-corrected chi connectivity index (χ3v) is 8.54. The fourth-order valence-electron chi connectivity index (χ4n) is 2.67. The lowest BCUT2D eigenvalue weighted by Gasteiger charge is -2.33. The van der Waals surface area contributed by atoms with E-state index < -0.39 is 9.24 Å². The fraction of sp³-hybridized carbons (Fsp3) is 1.00. The zero-order valence-corrected chi connectivity index (χ0v) is 16.0. The van der Waals surface area contributed by atoms with Crippen molar-refractivity contribution >= 4 is 19.9 Å². The fourth-order valence-corrected chi connectivity index (χ4v) is 6.43. The Morgan fingerprint density at radius 2 is 0.800 bits per heavy atom. The Hall–Kier alpha value is 0.640. The summed E-state index contributed by atoms with van der Waals surface area (Å²) in [4.78, 5) is 0. The van der Waals surface area contributed by atoms with Crippen LogP contribution >= 0.6 is 19.9 Å². The maximum atomic E-state index is 7.06. The molecular weight excluding hydrogens is 284 g/mol. The van der Waals surface area contributed by atoms with Gasteiger partial charge in [-0.25, -0.2) is 0 Å². The van der Waals surface area contributed by atoms with E-state index >= 15 is 0 Å². The average Bonchev–Trinajstić information content (AvgIpc) is 2.45. The first-order chi connectivity index (χ1) is 9.68. The van der Waals surface area contributed by atoms with E-state index in [1.807, 2.05) is 0 Å². The standard InChI is InChI=1S/C18H39ClS/c1-4-7-10-13-16-20(19,17-14-11-8-5-2)18-15-12-9-6-3/h4-18H2,1-3H3. The summed E-state index contributed by atoms with van der Waals surface area (Å²) in [5.74, 6) is 3.98. The maximum absolute atomic E-state index is 7.06. The van der Waals surface area contributed by atoms with Crippen LogP contribution in [0, 0.1) is 0 Å². The number of hydrogen-bond acceptors (Lipinski definition) is 0. The quantitative estimate of drug-likeness (QED) is 0.271. The summed E-state index contributed by atoms with van der Waals surface area (Å²) in [6.45, 7) is 6.86. The molecule has 0 rings (SSSR count). The lowest BCUT2D eigenvalue weighted by Crippen LogP contribution is -2.08. The zero-order valence-electron chi connectivity index (χ0n) is 14.4. The Morgan fingerprint density at radius 1 is 0.500 bits per heavy atom. The molecule has 0 N–H and O–H groups in total. The predicted molar refractivity (Wildman–Crippen MR) is 100 cm³/mol. The van der Waals surface area contributed by atoms with E-state index in [4.69, 9.17) is 10.7 Å². The molecule has 0 radical (unpaired) electrons. The van der Waals surface area contributed by atoms with Crippen LogP contribution in [0.25, 0.3) is 0 Å². The molecule has 0 aliphatic heterocycles. The van der Waals surface area contributed by atoms with Gasteiger partial charge in [-0.3, -0.25) is 0 Å². The van der Waals surface area contributed by atoms with Crippen LogP contribution in [0.5, 0.6) is 0 Å². The minimum atomic E-state index is -0.808. The van der Waals surface area contributed by atoms with Crippen LogP contribution in [-0.4, -0.2) is 17.3 Å². The van der Waals surface area contributed by atoms with Crippen molar-refractivity contribution < 1.29 is 0 Å². The molecule has 0 fully saturated rings. The van der Waals surface area contributed by atoms with Gasteiger partial charge in [-0.05, 0) is 36.5 Å². The summed E-state index contributed by atoms with van der Waals surface area (Å²) < 4.78 is 0. The third kappa shape index (κ3) is 12.4. The SMILES string of the molecule is CCCCCCS(Cl)(CCCCCC)CCCCCC. The van der Waals surface area contributed by atoms with Gasteiger partial charge < -0.3 is 0 Å². The van der Waals surface area contributed by atoms with Gasteiger partial charge in [0.2, 0.25) is 0 Å². The molecule has 20 heavy (non-hydrogen) atoms. The van der Waals surface area contributed by atoms with E-state index in [-0.39, 0.29) is 0 Å². The summed E-state index contributed by atoms with van der Waals surface area (Å²) in [7, 11) is 6.25. The number of rotatable bonds is 15. The van der Waals surface area contributed by atoms with Crippen LogP contribution in [0.4, 0.5) is 0 Å². The van der Waals surface area contributed by atoms with Crippen molar-refractivity contribution in [1.29, 1.82) is 0 Å².